The van der Waals surface area contributed by atoms with E-state index >= 15 is 0 Å². The maximum Gasteiger partial charge on any atom is 0.158 e. The molecular weight excluding hydrogens is 609 g/mol. The lowest BCUT2D eigenvalue weighted by Gasteiger charge is -2.15. The van der Waals surface area contributed by atoms with Gasteiger partial charge in [-0.3, -0.25) is 0 Å². The standard InChI is InChI=1S/C43H30N2O2S/c46-48(47)27-32-20-19-31(33-25-40(29-11-3-1-4-12-29)44-41(26-33)30-13-5-2-6-14-30)24-39(32)36-22-21-35(23-34(36)28-48)45-42-17-9-7-15-37(42)38-16-8-10-18-43(38)45/h1-26H,27-28H2. The van der Waals surface area contributed by atoms with E-state index in [0.29, 0.717) is 0 Å². The Labute approximate surface area is 279 Å². The summed E-state index contributed by atoms with van der Waals surface area (Å²) in [6.45, 7) is 0. The third-order valence-electron chi connectivity index (χ3n) is 9.38. The topological polar surface area (TPSA) is 52.0 Å². The Bertz CT molecular complexity index is 2510. The minimum absolute atomic E-state index is 0.00286. The molecule has 1 aliphatic heterocycles. The first-order chi connectivity index (χ1) is 23.5. The van der Waals surface area contributed by atoms with Gasteiger partial charge in [0.15, 0.2) is 9.84 Å². The highest BCUT2D eigenvalue weighted by Gasteiger charge is 2.25. The largest absolute Gasteiger partial charge is 0.309 e. The molecular formula is C43H30N2O2S. The maximum absolute atomic E-state index is 13.6. The van der Waals surface area contributed by atoms with E-state index in [4.69, 9.17) is 4.98 Å². The van der Waals surface area contributed by atoms with E-state index in [0.717, 1.165) is 72.6 Å². The molecule has 8 aromatic rings. The van der Waals surface area contributed by atoms with Gasteiger partial charge in [-0.2, -0.15) is 0 Å². The van der Waals surface area contributed by atoms with Gasteiger partial charge in [-0.15, -0.1) is 0 Å². The highest BCUT2D eigenvalue weighted by atomic mass is 32.2. The van der Waals surface area contributed by atoms with Gasteiger partial charge < -0.3 is 4.57 Å². The Kier molecular flexibility index (Phi) is 6.63. The second kappa shape index (κ2) is 11.2. The monoisotopic (exact) mass is 638 g/mol. The van der Waals surface area contributed by atoms with E-state index in [1.165, 1.54) is 10.8 Å². The summed E-state index contributed by atoms with van der Waals surface area (Å²) in [5.41, 5.74) is 12.6. The fourth-order valence-corrected chi connectivity index (χ4v) is 8.71. The number of hydrogen-bond donors (Lipinski definition) is 0. The van der Waals surface area contributed by atoms with Gasteiger partial charge in [0.25, 0.3) is 0 Å². The summed E-state index contributed by atoms with van der Waals surface area (Å²) in [6, 6.07) is 54.0. The van der Waals surface area contributed by atoms with E-state index in [1.54, 1.807) is 0 Å². The van der Waals surface area contributed by atoms with Gasteiger partial charge in [-0.1, -0.05) is 115 Å². The van der Waals surface area contributed by atoms with Crippen LogP contribution in [-0.2, 0) is 21.3 Å². The third-order valence-corrected chi connectivity index (χ3v) is 10.9. The molecule has 0 amide bonds. The van der Waals surface area contributed by atoms with Crippen molar-refractivity contribution < 1.29 is 8.42 Å². The zero-order valence-corrected chi connectivity index (χ0v) is 26.9. The summed E-state index contributed by atoms with van der Waals surface area (Å²) in [7, 11) is -3.40. The first-order valence-corrected chi connectivity index (χ1v) is 17.9. The zero-order valence-electron chi connectivity index (χ0n) is 26.0. The first kappa shape index (κ1) is 28.4. The van der Waals surface area contributed by atoms with E-state index in [1.807, 2.05) is 48.5 Å². The lowest BCUT2D eigenvalue weighted by atomic mass is 9.92. The van der Waals surface area contributed by atoms with Crippen molar-refractivity contribution in [3.05, 3.63) is 169 Å². The molecule has 6 aromatic carbocycles. The number of fused-ring (bicyclic) bond motifs is 6. The number of benzene rings is 6. The average molecular weight is 639 g/mol. The molecule has 0 unspecified atom stereocenters. The van der Waals surface area contributed by atoms with Crippen LogP contribution in [0.5, 0.6) is 0 Å². The van der Waals surface area contributed by atoms with Gasteiger partial charge in [-0.25, -0.2) is 13.4 Å². The second-order valence-corrected chi connectivity index (χ2v) is 14.5. The van der Waals surface area contributed by atoms with Crippen LogP contribution in [0.2, 0.25) is 0 Å². The fraction of sp³-hybridized carbons (Fsp3) is 0.0465. The molecule has 230 valence electrons. The predicted molar refractivity (Wildman–Crippen MR) is 197 cm³/mol. The molecule has 1 aliphatic rings. The number of nitrogens with zero attached hydrogens (tertiary/aromatic N) is 2. The number of hydrogen-bond acceptors (Lipinski definition) is 3. The summed E-state index contributed by atoms with van der Waals surface area (Å²) in [5.74, 6) is -0.00816. The van der Waals surface area contributed by atoms with Crippen molar-refractivity contribution in [3.8, 4) is 50.5 Å². The second-order valence-electron chi connectivity index (χ2n) is 12.5. The quantitative estimate of drug-likeness (QED) is 0.193. The van der Waals surface area contributed by atoms with Crippen LogP contribution in [0.15, 0.2) is 158 Å². The lowest BCUT2D eigenvalue weighted by Crippen LogP contribution is -2.06. The van der Waals surface area contributed by atoms with Crippen LogP contribution in [-0.4, -0.2) is 18.0 Å². The van der Waals surface area contributed by atoms with E-state index in [2.05, 4.69) is 114 Å². The van der Waals surface area contributed by atoms with Crippen LogP contribution in [0.3, 0.4) is 0 Å². The molecule has 0 saturated carbocycles. The molecule has 0 spiro atoms. The zero-order chi connectivity index (χ0) is 32.2. The van der Waals surface area contributed by atoms with Gasteiger partial charge in [0.2, 0.25) is 0 Å². The highest BCUT2D eigenvalue weighted by molar-refractivity contribution is 7.89. The van der Waals surface area contributed by atoms with Crippen molar-refractivity contribution in [2.45, 2.75) is 11.5 Å². The molecule has 0 atom stereocenters. The van der Waals surface area contributed by atoms with E-state index in [9.17, 15) is 8.42 Å². The Morgan fingerprint density at radius 2 is 1.02 bits per heavy atom. The number of pyridine rings is 1. The summed E-state index contributed by atoms with van der Waals surface area (Å²) < 4.78 is 29.4. The molecule has 9 rings (SSSR count). The van der Waals surface area contributed by atoms with Crippen LogP contribution in [0.25, 0.3) is 72.3 Å². The maximum atomic E-state index is 13.6. The molecule has 3 heterocycles. The molecule has 2 aromatic heterocycles. The summed E-state index contributed by atoms with van der Waals surface area (Å²) in [4.78, 5) is 5.05. The van der Waals surface area contributed by atoms with E-state index < -0.39 is 9.84 Å². The molecule has 0 N–H and O–H groups in total. The van der Waals surface area contributed by atoms with Crippen molar-refractivity contribution in [2.24, 2.45) is 0 Å². The van der Waals surface area contributed by atoms with Crippen molar-refractivity contribution >= 4 is 31.6 Å². The van der Waals surface area contributed by atoms with E-state index in [-0.39, 0.29) is 11.5 Å². The molecule has 48 heavy (non-hydrogen) atoms. The van der Waals surface area contributed by atoms with Crippen molar-refractivity contribution in [2.75, 3.05) is 0 Å². The van der Waals surface area contributed by atoms with Gasteiger partial charge in [0.05, 0.1) is 33.9 Å². The SMILES string of the molecule is O=S1(=O)Cc2cc(-n3c4ccccc4c4ccccc43)ccc2-c2cc(-c3cc(-c4ccccc4)nc(-c4ccccc4)c3)ccc2C1. The number of rotatable bonds is 4. The number of aromatic nitrogens is 2. The first-order valence-electron chi connectivity index (χ1n) is 16.1. The average Bonchev–Trinajstić information content (AvgIpc) is 3.40. The summed E-state index contributed by atoms with van der Waals surface area (Å²) >= 11 is 0. The van der Waals surface area contributed by atoms with Crippen LogP contribution in [0.4, 0.5) is 0 Å². The third kappa shape index (κ3) is 4.91. The lowest BCUT2D eigenvalue weighted by molar-refractivity contribution is 0.595. The Morgan fingerprint density at radius 1 is 0.458 bits per heavy atom. The molecule has 0 bridgehead atoms. The van der Waals surface area contributed by atoms with Crippen molar-refractivity contribution in [3.63, 3.8) is 0 Å². The fourth-order valence-electron chi connectivity index (χ4n) is 7.17. The highest BCUT2D eigenvalue weighted by Crippen LogP contribution is 2.40. The summed E-state index contributed by atoms with van der Waals surface area (Å²) in [6.07, 6.45) is 0. The molecule has 0 fully saturated rings. The minimum Gasteiger partial charge on any atom is -0.309 e. The van der Waals surface area contributed by atoms with Gasteiger partial charge in [-0.05, 0) is 75.8 Å². The predicted octanol–water partition coefficient (Wildman–Crippen LogP) is 10.3. The smallest absolute Gasteiger partial charge is 0.158 e. The van der Waals surface area contributed by atoms with Crippen LogP contribution >= 0.6 is 0 Å². The van der Waals surface area contributed by atoms with Gasteiger partial charge in [0.1, 0.15) is 0 Å². The minimum atomic E-state index is -3.40. The van der Waals surface area contributed by atoms with Crippen LogP contribution < -0.4 is 0 Å². The molecule has 0 saturated heterocycles. The molecule has 5 heteroatoms. The summed E-state index contributed by atoms with van der Waals surface area (Å²) in [5, 5.41) is 2.35. The molecule has 4 nitrogen and oxygen atoms in total. The molecule has 0 radical (unpaired) electrons. The molecule has 0 aliphatic carbocycles. The van der Waals surface area contributed by atoms with Crippen LogP contribution in [0, 0.1) is 0 Å². The van der Waals surface area contributed by atoms with Crippen molar-refractivity contribution in [1.82, 2.24) is 9.55 Å². The number of para-hydroxylation sites is 2. The Hall–Kier alpha value is -5.78. The normalized spacial score (nSPS) is 13.6. The Balaban J connectivity index is 1.22. The van der Waals surface area contributed by atoms with Gasteiger partial charge >= 0.3 is 0 Å². The van der Waals surface area contributed by atoms with Gasteiger partial charge in [0, 0.05) is 27.6 Å². The van der Waals surface area contributed by atoms with Crippen LogP contribution in [0.1, 0.15) is 11.1 Å². The van der Waals surface area contributed by atoms with Crippen molar-refractivity contribution in [1.29, 1.82) is 0 Å². The number of sulfone groups is 1. The Morgan fingerprint density at radius 3 is 1.65 bits per heavy atom.